The first-order valence-electron chi connectivity index (χ1n) is 7.58. The monoisotopic (exact) mass is 284 g/mol. The highest BCUT2D eigenvalue weighted by Crippen LogP contribution is 2.29. The molecule has 1 aliphatic rings. The van der Waals surface area contributed by atoms with Crippen molar-refractivity contribution in [3.8, 4) is 0 Å². The standard InChI is InChI=1S/C18H21FN2/c19-16-9-8-15-10-12-21(18(15)13-16)11-4-7-17(20)14-5-2-1-3-6-14/h1-3,5-6,8-9,13,17H,4,7,10-12,20H2. The van der Waals surface area contributed by atoms with Crippen LogP contribution < -0.4 is 10.6 Å². The fourth-order valence-corrected chi connectivity index (χ4v) is 3.02. The molecule has 1 atom stereocenters. The summed E-state index contributed by atoms with van der Waals surface area (Å²) in [5.41, 5.74) is 9.72. The molecule has 0 fully saturated rings. The van der Waals surface area contributed by atoms with Gasteiger partial charge in [0.2, 0.25) is 0 Å². The van der Waals surface area contributed by atoms with Gasteiger partial charge in [-0.1, -0.05) is 36.4 Å². The van der Waals surface area contributed by atoms with Crippen LogP contribution in [0.25, 0.3) is 0 Å². The van der Waals surface area contributed by atoms with Crippen LogP contribution in [0.3, 0.4) is 0 Å². The summed E-state index contributed by atoms with van der Waals surface area (Å²) in [6.45, 7) is 1.93. The first-order valence-corrected chi connectivity index (χ1v) is 7.58. The molecule has 0 aromatic heterocycles. The van der Waals surface area contributed by atoms with Crippen molar-refractivity contribution in [1.82, 2.24) is 0 Å². The zero-order valence-electron chi connectivity index (χ0n) is 12.1. The second-order valence-electron chi connectivity index (χ2n) is 5.67. The summed E-state index contributed by atoms with van der Waals surface area (Å²) in [6.07, 6.45) is 2.98. The molecule has 0 spiro atoms. The maximum atomic E-state index is 13.4. The number of nitrogens with zero attached hydrogens (tertiary/aromatic N) is 1. The predicted octanol–water partition coefficient (Wildman–Crippen LogP) is 3.67. The molecule has 1 unspecified atom stereocenters. The van der Waals surface area contributed by atoms with E-state index in [0.29, 0.717) is 0 Å². The molecule has 0 saturated heterocycles. The van der Waals surface area contributed by atoms with Crippen LogP contribution >= 0.6 is 0 Å². The van der Waals surface area contributed by atoms with E-state index in [4.69, 9.17) is 5.73 Å². The third-order valence-corrected chi connectivity index (χ3v) is 4.21. The number of fused-ring (bicyclic) bond motifs is 1. The fourth-order valence-electron chi connectivity index (χ4n) is 3.02. The van der Waals surface area contributed by atoms with E-state index in [2.05, 4.69) is 17.0 Å². The summed E-state index contributed by atoms with van der Waals surface area (Å²) >= 11 is 0. The van der Waals surface area contributed by atoms with Gasteiger partial charge in [-0.15, -0.1) is 0 Å². The topological polar surface area (TPSA) is 29.3 Å². The molecule has 0 bridgehead atoms. The van der Waals surface area contributed by atoms with Crippen molar-refractivity contribution in [2.45, 2.75) is 25.3 Å². The van der Waals surface area contributed by atoms with Crippen LogP contribution in [-0.4, -0.2) is 13.1 Å². The van der Waals surface area contributed by atoms with Crippen LogP contribution in [-0.2, 0) is 6.42 Å². The van der Waals surface area contributed by atoms with E-state index in [1.165, 1.54) is 11.1 Å². The van der Waals surface area contributed by atoms with Gasteiger partial charge in [0.15, 0.2) is 0 Å². The third-order valence-electron chi connectivity index (χ3n) is 4.21. The quantitative estimate of drug-likeness (QED) is 0.907. The normalized spacial score (nSPS) is 15.0. The highest BCUT2D eigenvalue weighted by atomic mass is 19.1. The van der Waals surface area contributed by atoms with Gasteiger partial charge in [-0.25, -0.2) is 4.39 Å². The van der Waals surface area contributed by atoms with E-state index in [9.17, 15) is 4.39 Å². The average Bonchev–Trinajstić information content (AvgIpc) is 2.90. The van der Waals surface area contributed by atoms with Crippen LogP contribution in [0.2, 0.25) is 0 Å². The van der Waals surface area contributed by atoms with Crippen LogP contribution in [0, 0.1) is 5.82 Å². The lowest BCUT2D eigenvalue weighted by Gasteiger charge is -2.20. The van der Waals surface area contributed by atoms with Gasteiger partial charge in [0.1, 0.15) is 5.82 Å². The Labute approximate surface area is 125 Å². The molecule has 0 amide bonds. The van der Waals surface area contributed by atoms with Crippen molar-refractivity contribution >= 4 is 5.69 Å². The first kappa shape index (κ1) is 14.1. The zero-order valence-corrected chi connectivity index (χ0v) is 12.1. The molecule has 3 rings (SSSR count). The smallest absolute Gasteiger partial charge is 0.125 e. The molecule has 2 aromatic rings. The van der Waals surface area contributed by atoms with Crippen molar-refractivity contribution in [1.29, 1.82) is 0 Å². The zero-order chi connectivity index (χ0) is 14.7. The lowest BCUT2D eigenvalue weighted by molar-refractivity contribution is 0.601. The molecule has 1 heterocycles. The van der Waals surface area contributed by atoms with E-state index < -0.39 is 0 Å². The Morgan fingerprint density at radius 1 is 1.14 bits per heavy atom. The van der Waals surface area contributed by atoms with Gasteiger partial charge in [-0.2, -0.15) is 0 Å². The van der Waals surface area contributed by atoms with Gasteiger partial charge in [-0.05, 0) is 42.5 Å². The summed E-state index contributed by atoms with van der Waals surface area (Å²) in [5, 5.41) is 0. The molecule has 0 saturated carbocycles. The number of anilines is 1. The van der Waals surface area contributed by atoms with Crippen LogP contribution in [0.4, 0.5) is 10.1 Å². The minimum Gasteiger partial charge on any atom is -0.371 e. The second-order valence-corrected chi connectivity index (χ2v) is 5.67. The Morgan fingerprint density at radius 2 is 1.95 bits per heavy atom. The Hall–Kier alpha value is -1.87. The fraction of sp³-hybridized carbons (Fsp3) is 0.333. The largest absolute Gasteiger partial charge is 0.371 e. The number of hydrogen-bond donors (Lipinski definition) is 1. The minimum absolute atomic E-state index is 0.0841. The molecule has 1 aliphatic heterocycles. The summed E-state index contributed by atoms with van der Waals surface area (Å²) in [4.78, 5) is 2.27. The Kier molecular flexibility index (Phi) is 4.20. The Bertz CT molecular complexity index is 597. The lowest BCUT2D eigenvalue weighted by Crippen LogP contribution is -2.23. The number of halogens is 1. The first-order chi connectivity index (χ1) is 10.2. The third kappa shape index (κ3) is 3.24. The van der Waals surface area contributed by atoms with Crippen molar-refractivity contribution < 1.29 is 4.39 Å². The van der Waals surface area contributed by atoms with Crippen molar-refractivity contribution in [2.75, 3.05) is 18.0 Å². The molecule has 2 N–H and O–H groups in total. The van der Waals surface area contributed by atoms with E-state index in [1.54, 1.807) is 12.1 Å². The molecule has 0 radical (unpaired) electrons. The van der Waals surface area contributed by atoms with Crippen LogP contribution in [0.15, 0.2) is 48.5 Å². The van der Waals surface area contributed by atoms with Crippen LogP contribution in [0.5, 0.6) is 0 Å². The molecule has 110 valence electrons. The van der Waals surface area contributed by atoms with E-state index >= 15 is 0 Å². The maximum Gasteiger partial charge on any atom is 0.125 e. The predicted molar refractivity (Wildman–Crippen MR) is 84.9 cm³/mol. The van der Waals surface area contributed by atoms with Gasteiger partial charge < -0.3 is 10.6 Å². The maximum absolute atomic E-state index is 13.4. The number of benzene rings is 2. The molecular weight excluding hydrogens is 263 g/mol. The van der Waals surface area contributed by atoms with Crippen molar-refractivity contribution in [3.63, 3.8) is 0 Å². The molecule has 3 heteroatoms. The lowest BCUT2D eigenvalue weighted by atomic mass is 10.0. The SMILES string of the molecule is NC(CCCN1CCc2ccc(F)cc21)c1ccccc1. The van der Waals surface area contributed by atoms with E-state index in [1.807, 2.05) is 24.3 Å². The van der Waals surface area contributed by atoms with E-state index in [0.717, 1.165) is 38.0 Å². The molecular formula is C18H21FN2. The molecule has 0 aliphatic carbocycles. The van der Waals surface area contributed by atoms with Gasteiger partial charge in [0, 0.05) is 24.8 Å². The van der Waals surface area contributed by atoms with Gasteiger partial charge in [-0.3, -0.25) is 0 Å². The Morgan fingerprint density at radius 3 is 2.76 bits per heavy atom. The number of nitrogens with two attached hydrogens (primary N) is 1. The number of rotatable bonds is 5. The van der Waals surface area contributed by atoms with Crippen molar-refractivity contribution in [2.24, 2.45) is 5.73 Å². The van der Waals surface area contributed by atoms with Gasteiger partial charge in [0.25, 0.3) is 0 Å². The molecule has 2 aromatic carbocycles. The van der Waals surface area contributed by atoms with Crippen LogP contribution in [0.1, 0.15) is 30.0 Å². The summed E-state index contributed by atoms with van der Waals surface area (Å²) < 4.78 is 13.4. The summed E-state index contributed by atoms with van der Waals surface area (Å²) in [5.74, 6) is -0.151. The highest BCUT2D eigenvalue weighted by Gasteiger charge is 2.19. The molecule has 21 heavy (non-hydrogen) atoms. The second kappa shape index (κ2) is 6.27. The minimum atomic E-state index is -0.151. The average molecular weight is 284 g/mol. The van der Waals surface area contributed by atoms with Crippen molar-refractivity contribution in [3.05, 3.63) is 65.5 Å². The van der Waals surface area contributed by atoms with Gasteiger partial charge >= 0.3 is 0 Å². The van der Waals surface area contributed by atoms with Gasteiger partial charge in [0.05, 0.1) is 0 Å². The summed E-state index contributed by atoms with van der Waals surface area (Å²) in [7, 11) is 0. The molecule has 2 nitrogen and oxygen atoms in total. The number of hydrogen-bond acceptors (Lipinski definition) is 2. The Balaban J connectivity index is 1.54. The summed E-state index contributed by atoms with van der Waals surface area (Å²) in [6, 6.07) is 15.4. The van der Waals surface area contributed by atoms with E-state index in [-0.39, 0.29) is 11.9 Å². The highest BCUT2D eigenvalue weighted by molar-refractivity contribution is 5.58.